The van der Waals surface area contributed by atoms with E-state index in [1.165, 1.54) is 4.68 Å². The number of aromatic nitrogens is 2. The Kier molecular flexibility index (Phi) is 3.80. The summed E-state index contributed by atoms with van der Waals surface area (Å²) in [4.78, 5) is 24.4. The van der Waals surface area contributed by atoms with E-state index in [1.54, 1.807) is 6.07 Å². The van der Waals surface area contributed by atoms with Gasteiger partial charge >= 0.3 is 0 Å². The third-order valence-corrected chi connectivity index (χ3v) is 5.49. The van der Waals surface area contributed by atoms with Crippen LogP contribution in [0.4, 0.5) is 0 Å². The van der Waals surface area contributed by atoms with Crippen molar-refractivity contribution in [3.63, 3.8) is 0 Å². The molecule has 0 saturated heterocycles. The van der Waals surface area contributed by atoms with E-state index in [9.17, 15) is 9.59 Å². The maximum Gasteiger partial charge on any atom is 0.280 e. The standard InChI is InChI=1S/C19H19ClN2O2/c1-11-14-8-5-12(10-23)9-17(14)22(21-11)19(24)18-15(13-6-7-13)3-2-4-16(18)20/h2-4,10,12-13H,5-9H2,1H3. The Morgan fingerprint density at radius 2 is 2.12 bits per heavy atom. The van der Waals surface area contributed by atoms with Gasteiger partial charge in [-0.3, -0.25) is 4.79 Å². The Balaban J connectivity index is 1.81. The first-order valence-corrected chi connectivity index (χ1v) is 8.83. The van der Waals surface area contributed by atoms with Gasteiger partial charge in [-0.1, -0.05) is 23.7 Å². The molecule has 2 aliphatic carbocycles. The van der Waals surface area contributed by atoms with Crippen molar-refractivity contribution < 1.29 is 9.59 Å². The molecule has 0 spiro atoms. The highest BCUT2D eigenvalue weighted by atomic mass is 35.5. The summed E-state index contributed by atoms with van der Waals surface area (Å²) in [5, 5.41) is 4.97. The second-order valence-electron chi connectivity index (χ2n) is 6.84. The summed E-state index contributed by atoms with van der Waals surface area (Å²) in [6.45, 7) is 1.93. The van der Waals surface area contributed by atoms with Crippen LogP contribution in [0.2, 0.25) is 5.02 Å². The van der Waals surface area contributed by atoms with Crippen molar-refractivity contribution in [1.82, 2.24) is 9.78 Å². The minimum atomic E-state index is -0.168. The van der Waals surface area contributed by atoms with E-state index in [4.69, 9.17) is 11.6 Å². The maximum atomic E-state index is 13.2. The number of carbonyl (C=O) groups is 2. The number of hydrogen-bond donors (Lipinski definition) is 0. The molecule has 0 radical (unpaired) electrons. The second-order valence-corrected chi connectivity index (χ2v) is 7.25. The Hall–Kier alpha value is -1.94. The van der Waals surface area contributed by atoms with Crippen LogP contribution in [0.15, 0.2) is 18.2 Å². The number of aryl methyl sites for hydroxylation is 1. The molecule has 2 aliphatic rings. The van der Waals surface area contributed by atoms with E-state index in [0.29, 0.717) is 22.9 Å². The molecule has 1 saturated carbocycles. The number of fused-ring (bicyclic) bond motifs is 1. The number of rotatable bonds is 3. The van der Waals surface area contributed by atoms with Crippen molar-refractivity contribution in [2.24, 2.45) is 5.92 Å². The Morgan fingerprint density at radius 1 is 1.33 bits per heavy atom. The van der Waals surface area contributed by atoms with Gasteiger partial charge < -0.3 is 4.79 Å². The molecular formula is C19H19ClN2O2. The van der Waals surface area contributed by atoms with E-state index in [1.807, 2.05) is 19.1 Å². The summed E-state index contributed by atoms with van der Waals surface area (Å²) < 4.78 is 1.49. The zero-order valence-electron chi connectivity index (χ0n) is 13.6. The third kappa shape index (κ3) is 2.49. The number of hydrogen-bond acceptors (Lipinski definition) is 3. The maximum absolute atomic E-state index is 13.2. The van der Waals surface area contributed by atoms with E-state index in [-0.39, 0.29) is 11.8 Å². The predicted molar refractivity (Wildman–Crippen MR) is 91.7 cm³/mol. The van der Waals surface area contributed by atoms with E-state index >= 15 is 0 Å². The lowest BCUT2D eigenvalue weighted by Crippen LogP contribution is -2.23. The average Bonchev–Trinajstić information content (AvgIpc) is 3.38. The molecule has 0 N–H and O–H groups in total. The summed E-state index contributed by atoms with van der Waals surface area (Å²) in [7, 11) is 0. The zero-order valence-corrected chi connectivity index (χ0v) is 14.3. The van der Waals surface area contributed by atoms with Crippen molar-refractivity contribution in [3.8, 4) is 0 Å². The molecule has 0 aliphatic heterocycles. The highest BCUT2D eigenvalue weighted by Gasteiger charge is 2.32. The van der Waals surface area contributed by atoms with E-state index in [0.717, 1.165) is 54.5 Å². The fourth-order valence-corrected chi connectivity index (χ4v) is 3.98. The van der Waals surface area contributed by atoms with Crippen LogP contribution >= 0.6 is 11.6 Å². The molecule has 1 aromatic heterocycles. The van der Waals surface area contributed by atoms with Crippen LogP contribution < -0.4 is 0 Å². The van der Waals surface area contributed by atoms with Crippen molar-refractivity contribution in [2.45, 2.75) is 44.9 Å². The lowest BCUT2D eigenvalue weighted by Gasteiger charge is -2.19. The van der Waals surface area contributed by atoms with Crippen LogP contribution in [-0.2, 0) is 17.6 Å². The quantitative estimate of drug-likeness (QED) is 0.799. The van der Waals surface area contributed by atoms with Gasteiger partial charge in [-0.2, -0.15) is 5.10 Å². The fraction of sp³-hybridized carbons (Fsp3) is 0.421. The van der Waals surface area contributed by atoms with E-state index in [2.05, 4.69) is 5.10 Å². The first kappa shape index (κ1) is 15.6. The monoisotopic (exact) mass is 342 g/mol. The number of halogens is 1. The number of carbonyl (C=O) groups excluding carboxylic acids is 2. The van der Waals surface area contributed by atoms with Crippen LogP contribution in [-0.4, -0.2) is 22.0 Å². The Labute approximate surface area is 145 Å². The summed E-state index contributed by atoms with van der Waals surface area (Å²) in [6, 6.07) is 5.66. The van der Waals surface area contributed by atoms with Gasteiger partial charge in [0, 0.05) is 5.92 Å². The molecule has 4 nitrogen and oxygen atoms in total. The van der Waals surface area contributed by atoms with Crippen LogP contribution in [0.3, 0.4) is 0 Å². The molecule has 0 bridgehead atoms. The van der Waals surface area contributed by atoms with Gasteiger partial charge in [0.25, 0.3) is 5.91 Å². The SMILES string of the molecule is Cc1nn(C(=O)c2c(Cl)cccc2C2CC2)c2c1CCC(C=O)C2. The van der Waals surface area contributed by atoms with Gasteiger partial charge in [0.05, 0.1) is 22.0 Å². The molecule has 24 heavy (non-hydrogen) atoms. The van der Waals surface area contributed by atoms with Gasteiger partial charge in [-0.25, -0.2) is 4.68 Å². The molecule has 5 heteroatoms. The van der Waals surface area contributed by atoms with Gasteiger partial charge in [-0.05, 0) is 62.1 Å². The molecule has 2 aromatic rings. The molecule has 1 fully saturated rings. The van der Waals surface area contributed by atoms with Gasteiger partial charge in [-0.15, -0.1) is 0 Å². The largest absolute Gasteiger partial charge is 0.303 e. The van der Waals surface area contributed by atoms with Crippen molar-refractivity contribution in [2.75, 3.05) is 0 Å². The normalized spacial score (nSPS) is 19.8. The Morgan fingerprint density at radius 3 is 2.83 bits per heavy atom. The molecular weight excluding hydrogens is 324 g/mol. The molecule has 1 atom stereocenters. The number of benzene rings is 1. The predicted octanol–water partition coefficient (Wildman–Crippen LogP) is 3.71. The lowest BCUT2D eigenvalue weighted by molar-refractivity contribution is -0.111. The van der Waals surface area contributed by atoms with Crippen LogP contribution in [0.5, 0.6) is 0 Å². The number of aldehydes is 1. The molecule has 4 rings (SSSR count). The minimum absolute atomic E-state index is 0.0331. The first-order chi connectivity index (χ1) is 11.6. The summed E-state index contributed by atoms with van der Waals surface area (Å²) >= 11 is 6.37. The third-order valence-electron chi connectivity index (χ3n) is 5.17. The average molecular weight is 343 g/mol. The van der Waals surface area contributed by atoms with Crippen molar-refractivity contribution in [3.05, 3.63) is 51.3 Å². The highest BCUT2D eigenvalue weighted by molar-refractivity contribution is 6.34. The molecule has 1 aromatic carbocycles. The van der Waals surface area contributed by atoms with E-state index < -0.39 is 0 Å². The minimum Gasteiger partial charge on any atom is -0.303 e. The zero-order chi connectivity index (χ0) is 16.8. The lowest BCUT2D eigenvalue weighted by atomic mass is 9.87. The molecule has 0 amide bonds. The second kappa shape index (κ2) is 5.85. The topological polar surface area (TPSA) is 52.0 Å². The van der Waals surface area contributed by atoms with Crippen LogP contribution in [0.25, 0.3) is 0 Å². The molecule has 1 unspecified atom stereocenters. The van der Waals surface area contributed by atoms with Crippen LogP contribution in [0.1, 0.15) is 58.1 Å². The van der Waals surface area contributed by atoms with Crippen LogP contribution in [0, 0.1) is 12.8 Å². The van der Waals surface area contributed by atoms with Gasteiger partial charge in [0.1, 0.15) is 6.29 Å². The molecule has 1 heterocycles. The summed E-state index contributed by atoms with van der Waals surface area (Å²) in [5.41, 5.74) is 4.46. The smallest absolute Gasteiger partial charge is 0.280 e. The first-order valence-electron chi connectivity index (χ1n) is 8.46. The van der Waals surface area contributed by atoms with Crippen molar-refractivity contribution >= 4 is 23.8 Å². The van der Waals surface area contributed by atoms with Crippen molar-refractivity contribution in [1.29, 1.82) is 0 Å². The highest BCUT2D eigenvalue weighted by Crippen LogP contribution is 2.43. The van der Waals surface area contributed by atoms with Gasteiger partial charge in [0.2, 0.25) is 0 Å². The summed E-state index contributed by atoms with van der Waals surface area (Å²) in [5.74, 6) is 0.227. The number of nitrogens with zero attached hydrogens (tertiary/aromatic N) is 2. The fourth-order valence-electron chi connectivity index (χ4n) is 3.71. The summed E-state index contributed by atoms with van der Waals surface area (Å²) in [6.07, 6.45) is 5.40. The molecule has 124 valence electrons. The van der Waals surface area contributed by atoms with Gasteiger partial charge in [0.15, 0.2) is 0 Å². The Bertz CT molecular complexity index is 836.